The second-order valence-electron chi connectivity index (χ2n) is 2.93. The van der Waals surface area contributed by atoms with Gasteiger partial charge in [-0.3, -0.25) is 4.79 Å². The van der Waals surface area contributed by atoms with Crippen molar-refractivity contribution in [2.75, 3.05) is 0 Å². The first-order chi connectivity index (χ1) is 6.38. The van der Waals surface area contributed by atoms with Crippen molar-refractivity contribution in [2.24, 2.45) is 0 Å². The second-order valence-corrected chi connectivity index (χ2v) is 2.93. The maximum Gasteiger partial charge on any atom is 0.298 e. The molecule has 1 aromatic rings. The molecule has 1 rings (SSSR count). The van der Waals surface area contributed by atoms with E-state index < -0.39 is 0 Å². The van der Waals surface area contributed by atoms with Crippen molar-refractivity contribution in [3.8, 4) is 5.75 Å². The fourth-order valence-electron chi connectivity index (χ4n) is 1.24. The van der Waals surface area contributed by atoms with Crippen LogP contribution in [-0.4, -0.2) is 6.47 Å². The van der Waals surface area contributed by atoms with Gasteiger partial charge >= 0.3 is 0 Å². The number of aryl methyl sites for hydroxylation is 1. The van der Waals surface area contributed by atoms with Crippen LogP contribution in [0.1, 0.15) is 25.3 Å². The van der Waals surface area contributed by atoms with Gasteiger partial charge in [0, 0.05) is 0 Å². The van der Waals surface area contributed by atoms with E-state index in [1.165, 1.54) is 0 Å². The number of rotatable bonds is 5. The molecule has 0 atom stereocenters. The van der Waals surface area contributed by atoms with Crippen molar-refractivity contribution in [2.45, 2.75) is 26.2 Å². The van der Waals surface area contributed by atoms with E-state index in [-0.39, 0.29) is 0 Å². The highest BCUT2D eigenvalue weighted by atomic mass is 16.5. The van der Waals surface area contributed by atoms with Gasteiger partial charge in [-0.1, -0.05) is 31.5 Å². The summed E-state index contributed by atoms with van der Waals surface area (Å²) in [5.74, 6) is 0.686. The number of ether oxygens (including phenoxy) is 1. The summed E-state index contributed by atoms with van der Waals surface area (Å²) < 4.78 is 4.85. The molecule has 70 valence electrons. The zero-order chi connectivity index (χ0) is 9.52. The van der Waals surface area contributed by atoms with E-state index in [0.717, 1.165) is 24.8 Å². The summed E-state index contributed by atoms with van der Waals surface area (Å²) >= 11 is 0. The van der Waals surface area contributed by atoms with E-state index in [1.54, 1.807) is 0 Å². The number of hydrogen-bond donors (Lipinski definition) is 0. The van der Waals surface area contributed by atoms with Gasteiger partial charge < -0.3 is 4.74 Å². The molecule has 13 heavy (non-hydrogen) atoms. The van der Waals surface area contributed by atoms with Crippen LogP contribution >= 0.6 is 0 Å². The predicted octanol–water partition coefficient (Wildman–Crippen LogP) is 2.56. The lowest BCUT2D eigenvalue weighted by molar-refractivity contribution is -0.120. The molecule has 0 aliphatic rings. The van der Waals surface area contributed by atoms with E-state index >= 15 is 0 Å². The Morgan fingerprint density at radius 1 is 1.38 bits per heavy atom. The minimum atomic E-state index is 0.477. The van der Waals surface area contributed by atoms with E-state index in [0.29, 0.717) is 12.2 Å². The number of carbonyl (C=O) groups excluding carboxylic acids is 1. The Kier molecular flexibility index (Phi) is 4.03. The largest absolute Gasteiger partial charge is 0.428 e. The summed E-state index contributed by atoms with van der Waals surface area (Å²) in [6, 6.07) is 7.64. The molecule has 0 spiro atoms. The summed E-state index contributed by atoms with van der Waals surface area (Å²) in [6.45, 7) is 2.62. The molecule has 0 aliphatic carbocycles. The lowest BCUT2D eigenvalue weighted by Gasteiger charge is -2.05. The van der Waals surface area contributed by atoms with Gasteiger partial charge in [0.25, 0.3) is 6.47 Å². The van der Waals surface area contributed by atoms with Crippen LogP contribution in [0, 0.1) is 0 Å². The van der Waals surface area contributed by atoms with Gasteiger partial charge in [-0.05, 0) is 24.5 Å². The Bertz CT molecular complexity index is 269. The van der Waals surface area contributed by atoms with Crippen LogP contribution < -0.4 is 4.74 Å². The fourth-order valence-corrected chi connectivity index (χ4v) is 1.24. The number of unbranched alkanes of at least 4 members (excludes halogenated alkanes) is 1. The molecule has 0 aliphatic heterocycles. The molecule has 1 aromatic carbocycles. The summed E-state index contributed by atoms with van der Waals surface area (Å²) in [5, 5.41) is 0. The Morgan fingerprint density at radius 3 is 2.85 bits per heavy atom. The molecule has 0 heterocycles. The van der Waals surface area contributed by atoms with E-state index in [4.69, 9.17) is 4.74 Å². The normalized spacial score (nSPS) is 9.62. The molecular weight excluding hydrogens is 164 g/mol. The third-order valence-corrected chi connectivity index (χ3v) is 1.95. The van der Waals surface area contributed by atoms with Gasteiger partial charge in [0.05, 0.1) is 0 Å². The molecule has 0 saturated carbocycles. The minimum absolute atomic E-state index is 0.477. The Balaban J connectivity index is 2.71. The van der Waals surface area contributed by atoms with E-state index in [2.05, 4.69) is 6.92 Å². The smallest absolute Gasteiger partial charge is 0.298 e. The Hall–Kier alpha value is -1.31. The van der Waals surface area contributed by atoms with Crippen molar-refractivity contribution in [1.29, 1.82) is 0 Å². The third kappa shape index (κ3) is 2.90. The van der Waals surface area contributed by atoms with Crippen molar-refractivity contribution >= 4 is 6.47 Å². The highest BCUT2D eigenvalue weighted by Gasteiger charge is 2.00. The highest BCUT2D eigenvalue weighted by Crippen LogP contribution is 2.19. The minimum Gasteiger partial charge on any atom is -0.428 e. The van der Waals surface area contributed by atoms with Gasteiger partial charge in [-0.2, -0.15) is 0 Å². The van der Waals surface area contributed by atoms with E-state index in [1.807, 2.05) is 24.3 Å². The molecule has 0 fully saturated rings. The van der Waals surface area contributed by atoms with Crippen molar-refractivity contribution in [1.82, 2.24) is 0 Å². The third-order valence-electron chi connectivity index (χ3n) is 1.95. The molecule has 0 saturated heterocycles. The molecule has 0 amide bonds. The number of carbonyl (C=O) groups is 1. The van der Waals surface area contributed by atoms with Gasteiger partial charge in [-0.25, -0.2) is 0 Å². The van der Waals surface area contributed by atoms with Crippen molar-refractivity contribution < 1.29 is 9.53 Å². The molecule has 0 radical (unpaired) electrons. The zero-order valence-corrected chi connectivity index (χ0v) is 7.82. The topological polar surface area (TPSA) is 26.3 Å². The summed E-state index contributed by atoms with van der Waals surface area (Å²) in [6.07, 6.45) is 3.25. The van der Waals surface area contributed by atoms with E-state index in [9.17, 15) is 4.79 Å². The van der Waals surface area contributed by atoms with Gasteiger partial charge in [0.15, 0.2) is 0 Å². The molecule has 2 heteroatoms. The maximum absolute atomic E-state index is 10.2. The number of benzene rings is 1. The molecule has 0 aromatic heterocycles. The van der Waals surface area contributed by atoms with Crippen molar-refractivity contribution in [3.63, 3.8) is 0 Å². The van der Waals surface area contributed by atoms with Crippen LogP contribution in [0.25, 0.3) is 0 Å². The van der Waals surface area contributed by atoms with Crippen LogP contribution in [0.5, 0.6) is 5.75 Å². The van der Waals surface area contributed by atoms with Crippen LogP contribution in [0.2, 0.25) is 0 Å². The van der Waals surface area contributed by atoms with Gasteiger partial charge in [-0.15, -0.1) is 0 Å². The van der Waals surface area contributed by atoms with Crippen molar-refractivity contribution in [3.05, 3.63) is 29.8 Å². The predicted molar refractivity (Wildman–Crippen MR) is 51.7 cm³/mol. The number of hydrogen-bond acceptors (Lipinski definition) is 2. The van der Waals surface area contributed by atoms with Crippen LogP contribution in [0.4, 0.5) is 0 Å². The van der Waals surface area contributed by atoms with Gasteiger partial charge in [0.2, 0.25) is 0 Å². The first-order valence-corrected chi connectivity index (χ1v) is 4.56. The molecule has 0 unspecified atom stereocenters. The molecule has 2 nitrogen and oxygen atoms in total. The zero-order valence-electron chi connectivity index (χ0n) is 7.82. The molecular formula is C11H14O2. The molecule has 0 bridgehead atoms. The van der Waals surface area contributed by atoms with Crippen LogP contribution in [0.3, 0.4) is 0 Å². The average molecular weight is 178 g/mol. The number of para-hydroxylation sites is 1. The van der Waals surface area contributed by atoms with Gasteiger partial charge in [0.1, 0.15) is 5.75 Å². The first kappa shape index (κ1) is 9.78. The fraction of sp³-hybridized carbons (Fsp3) is 0.364. The standard InChI is InChI=1S/C11H14O2/c1-2-3-6-10-7-4-5-8-11(10)13-9-12/h4-5,7-9H,2-3,6H2,1H3. The first-order valence-electron chi connectivity index (χ1n) is 4.56. The monoisotopic (exact) mass is 178 g/mol. The SMILES string of the molecule is CCCCc1ccccc1OC=O. The summed E-state index contributed by atoms with van der Waals surface area (Å²) in [5.41, 5.74) is 1.11. The van der Waals surface area contributed by atoms with Crippen LogP contribution in [-0.2, 0) is 11.2 Å². The van der Waals surface area contributed by atoms with Crippen LogP contribution in [0.15, 0.2) is 24.3 Å². The molecule has 0 N–H and O–H groups in total. The maximum atomic E-state index is 10.2. The Morgan fingerprint density at radius 2 is 2.15 bits per heavy atom. The quantitative estimate of drug-likeness (QED) is 0.648. The average Bonchev–Trinajstić information content (AvgIpc) is 2.17. The second kappa shape index (κ2) is 5.36. The summed E-state index contributed by atoms with van der Waals surface area (Å²) in [4.78, 5) is 10.2. The Labute approximate surface area is 78.5 Å². The highest BCUT2D eigenvalue weighted by molar-refractivity contribution is 5.47. The lowest BCUT2D eigenvalue weighted by atomic mass is 10.1. The lowest BCUT2D eigenvalue weighted by Crippen LogP contribution is -1.94. The summed E-state index contributed by atoms with van der Waals surface area (Å²) in [7, 11) is 0.